The van der Waals surface area contributed by atoms with Gasteiger partial charge in [-0.1, -0.05) is 18.5 Å². The first kappa shape index (κ1) is 27.1. The van der Waals surface area contributed by atoms with Crippen LogP contribution in [0.4, 0.5) is 4.39 Å². The van der Waals surface area contributed by atoms with Gasteiger partial charge < -0.3 is 15.4 Å². The van der Waals surface area contributed by atoms with Gasteiger partial charge in [-0.3, -0.25) is 9.69 Å². The lowest BCUT2D eigenvalue weighted by molar-refractivity contribution is -0.146. The number of pyridine rings is 1. The lowest BCUT2D eigenvalue weighted by atomic mass is 9.93. The van der Waals surface area contributed by atoms with Crippen LogP contribution in [-0.2, 0) is 14.8 Å². The molecule has 0 unspecified atom stereocenters. The van der Waals surface area contributed by atoms with E-state index in [0.717, 1.165) is 23.8 Å². The number of alkyl halides is 1. The Kier molecular flexibility index (Phi) is 9.16. The van der Waals surface area contributed by atoms with E-state index in [4.69, 9.17) is 27.2 Å². The number of aromatic nitrogens is 1. The number of thioether (sulfide) groups is 1. The molecular weight excluding hydrogens is 481 g/mol. The summed E-state index contributed by atoms with van der Waals surface area (Å²) in [4.78, 5) is 20.0. The number of likely N-dealkylation sites (tertiary alicyclic amines) is 1. The highest BCUT2D eigenvalue weighted by molar-refractivity contribution is 7.99. The zero-order valence-electron chi connectivity index (χ0n) is 18.5. The number of ether oxygens (including phenoxy) is 1. The van der Waals surface area contributed by atoms with E-state index in [0.29, 0.717) is 6.42 Å². The number of nitrogens with two attached hydrogens (primary N) is 2. The quantitative estimate of drug-likeness (QED) is 0.356. The SMILES string of the molecule is CCSCC[C@](N)(C(=O)N1CCC(F)(COc2ncc(S(N)(=O)=O)cc2Cl)CC1)N(C)C. The van der Waals surface area contributed by atoms with Crippen molar-refractivity contribution in [1.82, 2.24) is 14.8 Å². The number of hydrogen-bond donors (Lipinski definition) is 2. The number of nitrogens with zero attached hydrogens (tertiary/aromatic N) is 3. The number of halogens is 2. The highest BCUT2D eigenvalue weighted by Crippen LogP contribution is 2.31. The van der Waals surface area contributed by atoms with Gasteiger partial charge in [0.1, 0.15) is 22.2 Å². The number of carbonyl (C=O) groups excluding carboxylic acids is 1. The summed E-state index contributed by atoms with van der Waals surface area (Å²) in [5.74, 6) is 1.39. The fourth-order valence-corrected chi connectivity index (χ4v) is 4.80. The molecule has 2 heterocycles. The fraction of sp³-hybridized carbons (Fsp3) is 0.684. The van der Waals surface area contributed by atoms with Gasteiger partial charge in [0.15, 0.2) is 5.66 Å². The summed E-state index contributed by atoms with van der Waals surface area (Å²) >= 11 is 7.71. The Hall–Kier alpha value is -1.18. The molecule has 32 heavy (non-hydrogen) atoms. The molecule has 1 aliphatic heterocycles. The molecule has 9 nitrogen and oxygen atoms in total. The molecule has 1 saturated heterocycles. The maximum atomic E-state index is 15.3. The Bertz CT molecular complexity index is 913. The van der Waals surface area contributed by atoms with Crippen LogP contribution in [0.25, 0.3) is 0 Å². The lowest BCUT2D eigenvalue weighted by Gasteiger charge is -2.42. The second-order valence-corrected chi connectivity index (χ2v) is 11.4. The molecule has 1 aromatic rings. The molecule has 1 aliphatic rings. The summed E-state index contributed by atoms with van der Waals surface area (Å²) in [6.07, 6.45) is 1.63. The van der Waals surface area contributed by atoms with Gasteiger partial charge in [-0.05, 0) is 38.1 Å². The van der Waals surface area contributed by atoms with Gasteiger partial charge in [-0.2, -0.15) is 11.8 Å². The Morgan fingerprint density at radius 1 is 1.44 bits per heavy atom. The number of carbonyl (C=O) groups is 1. The number of hydrogen-bond acceptors (Lipinski definition) is 8. The zero-order valence-corrected chi connectivity index (χ0v) is 20.9. The van der Waals surface area contributed by atoms with E-state index in [1.54, 1.807) is 35.7 Å². The van der Waals surface area contributed by atoms with Crippen molar-refractivity contribution in [3.63, 3.8) is 0 Å². The number of piperidine rings is 1. The minimum atomic E-state index is -3.96. The van der Waals surface area contributed by atoms with Crippen LogP contribution in [0.5, 0.6) is 5.88 Å². The van der Waals surface area contributed by atoms with Crippen LogP contribution in [0.3, 0.4) is 0 Å². The summed E-state index contributed by atoms with van der Waals surface area (Å²) in [5, 5.41) is 4.95. The van der Waals surface area contributed by atoms with Crippen molar-refractivity contribution in [2.24, 2.45) is 10.9 Å². The van der Waals surface area contributed by atoms with Gasteiger partial charge in [0.05, 0.1) is 6.20 Å². The van der Waals surface area contributed by atoms with Crippen LogP contribution in [0.1, 0.15) is 26.2 Å². The number of sulfonamides is 1. The van der Waals surface area contributed by atoms with Crippen molar-refractivity contribution in [1.29, 1.82) is 0 Å². The van der Waals surface area contributed by atoms with Crippen molar-refractivity contribution in [2.45, 2.75) is 42.4 Å². The third kappa shape index (κ3) is 6.67. The van der Waals surface area contributed by atoms with Crippen molar-refractivity contribution in [2.75, 3.05) is 45.3 Å². The van der Waals surface area contributed by atoms with E-state index < -0.39 is 21.4 Å². The second kappa shape index (κ2) is 10.8. The largest absolute Gasteiger partial charge is 0.473 e. The Morgan fingerprint density at radius 2 is 2.06 bits per heavy atom. The van der Waals surface area contributed by atoms with Crippen LogP contribution in [0, 0.1) is 0 Å². The lowest BCUT2D eigenvalue weighted by Crippen LogP contribution is -2.65. The molecule has 0 aromatic carbocycles. The molecule has 2 rings (SSSR count). The van der Waals surface area contributed by atoms with Crippen LogP contribution < -0.4 is 15.6 Å². The predicted molar refractivity (Wildman–Crippen MR) is 124 cm³/mol. The standard InChI is InChI=1S/C19H31ClFN5O4S2/c1-4-31-10-7-19(22,25(2)3)17(27)26-8-5-18(21,6-9-26)13-30-16-15(20)11-14(12-24-16)32(23,28)29/h11-12H,4-10,13,22H2,1-3H3,(H2,23,28,29)/t19-/m1/s1. The monoisotopic (exact) mass is 511 g/mol. The highest BCUT2D eigenvalue weighted by atomic mass is 35.5. The minimum Gasteiger partial charge on any atom is -0.473 e. The van der Waals surface area contributed by atoms with Gasteiger partial charge in [0.2, 0.25) is 15.9 Å². The summed E-state index contributed by atoms with van der Waals surface area (Å²) in [7, 11) is -0.424. The number of amides is 1. The van der Waals surface area contributed by atoms with Crippen LogP contribution in [0.15, 0.2) is 17.2 Å². The summed E-state index contributed by atoms with van der Waals surface area (Å²) < 4.78 is 43.4. The maximum absolute atomic E-state index is 15.3. The third-order valence-corrected chi connectivity index (χ3v) is 7.58. The van der Waals surface area contributed by atoms with E-state index in [-0.39, 0.29) is 54.2 Å². The first-order valence-corrected chi connectivity index (χ1v) is 13.2. The topological polar surface area (TPSA) is 132 Å². The van der Waals surface area contributed by atoms with Crippen LogP contribution in [-0.4, -0.2) is 85.7 Å². The fourth-order valence-electron chi connectivity index (χ4n) is 3.29. The van der Waals surface area contributed by atoms with E-state index in [9.17, 15) is 13.2 Å². The normalized spacial score (nSPS) is 18.4. The van der Waals surface area contributed by atoms with Crippen molar-refractivity contribution in [3.8, 4) is 5.88 Å². The molecule has 4 N–H and O–H groups in total. The first-order valence-electron chi connectivity index (χ1n) is 10.2. The molecule has 1 amide bonds. The van der Waals surface area contributed by atoms with E-state index >= 15 is 4.39 Å². The molecule has 182 valence electrons. The number of likely N-dealkylation sites (N-methyl/N-ethyl adjacent to an activating group) is 1. The smallest absolute Gasteiger partial charge is 0.257 e. The molecule has 1 aromatic heterocycles. The summed E-state index contributed by atoms with van der Waals surface area (Å²) in [6, 6.07) is 1.10. The van der Waals surface area contributed by atoms with Crippen molar-refractivity contribution < 1.29 is 22.3 Å². The molecule has 13 heteroatoms. The van der Waals surface area contributed by atoms with Gasteiger partial charge in [0, 0.05) is 25.9 Å². The van der Waals surface area contributed by atoms with E-state index in [1.807, 2.05) is 6.92 Å². The van der Waals surface area contributed by atoms with Crippen molar-refractivity contribution >= 4 is 39.3 Å². The van der Waals surface area contributed by atoms with Gasteiger partial charge in [0.25, 0.3) is 5.91 Å². The maximum Gasteiger partial charge on any atom is 0.257 e. The Balaban J connectivity index is 1.98. The molecule has 0 aliphatic carbocycles. The molecule has 1 fully saturated rings. The van der Waals surface area contributed by atoms with Crippen LogP contribution in [0.2, 0.25) is 5.02 Å². The number of rotatable bonds is 10. The molecule has 1 atom stereocenters. The van der Waals surface area contributed by atoms with E-state index in [2.05, 4.69) is 4.98 Å². The van der Waals surface area contributed by atoms with Crippen molar-refractivity contribution in [3.05, 3.63) is 17.3 Å². The first-order chi connectivity index (χ1) is 14.8. The van der Waals surface area contributed by atoms with E-state index in [1.165, 1.54) is 0 Å². The van der Waals surface area contributed by atoms with Gasteiger partial charge in [-0.15, -0.1) is 0 Å². The average molecular weight is 512 g/mol. The number of primary sulfonamides is 1. The van der Waals surface area contributed by atoms with Gasteiger partial charge in [-0.25, -0.2) is 22.9 Å². The summed E-state index contributed by atoms with van der Waals surface area (Å²) in [6.45, 7) is 2.13. The molecule has 0 radical (unpaired) electrons. The minimum absolute atomic E-state index is 0.0683. The average Bonchev–Trinajstić information content (AvgIpc) is 2.72. The Morgan fingerprint density at radius 3 is 2.56 bits per heavy atom. The molecule has 0 saturated carbocycles. The Labute approximate surface area is 198 Å². The molecule has 0 spiro atoms. The predicted octanol–water partition coefficient (Wildman–Crippen LogP) is 1.45. The van der Waals surface area contributed by atoms with Gasteiger partial charge >= 0.3 is 0 Å². The summed E-state index contributed by atoms with van der Waals surface area (Å²) in [5.41, 5.74) is 3.62. The highest BCUT2D eigenvalue weighted by Gasteiger charge is 2.43. The molecular formula is C19H31ClFN5O4S2. The zero-order chi connectivity index (χ0) is 24.2. The van der Waals surface area contributed by atoms with Crippen LogP contribution >= 0.6 is 23.4 Å². The second-order valence-electron chi connectivity index (χ2n) is 8.00. The third-order valence-electron chi connectivity index (χ3n) is 5.53. The molecule has 0 bridgehead atoms.